The Kier molecular flexibility index (Phi) is 4.02. The van der Waals surface area contributed by atoms with Gasteiger partial charge in [0.05, 0.1) is 0 Å². The molecule has 5 heteroatoms. The van der Waals surface area contributed by atoms with Crippen LogP contribution in [0.25, 0.3) is 0 Å². The quantitative estimate of drug-likeness (QED) is 0.786. The molecular formula is C16H22F2N2O. The van der Waals surface area contributed by atoms with Crippen LogP contribution < -0.4 is 0 Å². The minimum Gasteiger partial charge on any atom is -0.510 e. The van der Waals surface area contributed by atoms with E-state index < -0.39 is 5.92 Å². The summed E-state index contributed by atoms with van der Waals surface area (Å²) in [6, 6.07) is -0.206. The van der Waals surface area contributed by atoms with Gasteiger partial charge < -0.3 is 5.11 Å². The van der Waals surface area contributed by atoms with E-state index in [-0.39, 0.29) is 18.9 Å². The van der Waals surface area contributed by atoms with Crippen molar-refractivity contribution >= 4 is 0 Å². The maximum atomic E-state index is 13.3. The zero-order valence-electron chi connectivity index (χ0n) is 12.1. The lowest BCUT2D eigenvalue weighted by Crippen LogP contribution is -2.52. The van der Waals surface area contributed by atoms with Gasteiger partial charge in [-0.3, -0.25) is 5.01 Å². The van der Waals surface area contributed by atoms with Crippen molar-refractivity contribution in [3.05, 3.63) is 35.8 Å². The Morgan fingerprint density at radius 3 is 2.62 bits per heavy atom. The molecule has 21 heavy (non-hydrogen) atoms. The van der Waals surface area contributed by atoms with Gasteiger partial charge >= 0.3 is 0 Å². The van der Waals surface area contributed by atoms with E-state index in [4.69, 9.17) is 0 Å². The molecule has 1 atom stereocenters. The Morgan fingerprint density at radius 2 is 1.95 bits per heavy atom. The molecule has 3 aliphatic rings. The standard InChI is InChI=1S/C16H22F2N2O/c17-16(18)8-11-19(12-9-16)20-10-4-7-14(21)15(20)13-5-2-1-3-6-13/h4-5,7,10,15,21H,1-3,6,8-9,11-12H2. The number of hydrazine groups is 1. The third-order valence-electron chi connectivity index (χ3n) is 4.53. The number of hydrogen-bond donors (Lipinski definition) is 1. The molecule has 2 heterocycles. The summed E-state index contributed by atoms with van der Waals surface area (Å²) in [5, 5.41) is 14.2. The van der Waals surface area contributed by atoms with Crippen LogP contribution in [0.2, 0.25) is 0 Å². The Morgan fingerprint density at radius 1 is 1.19 bits per heavy atom. The number of halogens is 2. The lowest BCUT2D eigenvalue weighted by molar-refractivity contribution is -0.110. The highest BCUT2D eigenvalue weighted by atomic mass is 19.3. The van der Waals surface area contributed by atoms with Crippen molar-refractivity contribution in [2.45, 2.75) is 50.5 Å². The largest absolute Gasteiger partial charge is 0.510 e. The lowest BCUT2D eigenvalue weighted by atomic mass is 9.91. The van der Waals surface area contributed by atoms with Crippen LogP contribution in [0.1, 0.15) is 38.5 Å². The molecule has 0 spiro atoms. The Balaban J connectivity index is 1.78. The summed E-state index contributed by atoms with van der Waals surface area (Å²) in [6.45, 7) is 0.656. The van der Waals surface area contributed by atoms with Crippen LogP contribution in [0.5, 0.6) is 0 Å². The molecule has 0 bridgehead atoms. The van der Waals surface area contributed by atoms with Crippen molar-refractivity contribution in [2.75, 3.05) is 13.1 Å². The molecule has 2 aliphatic heterocycles. The molecule has 1 unspecified atom stereocenters. The van der Waals surface area contributed by atoms with E-state index in [1.165, 1.54) is 12.0 Å². The van der Waals surface area contributed by atoms with E-state index in [1.807, 2.05) is 16.2 Å². The normalized spacial score (nSPS) is 30.0. The van der Waals surface area contributed by atoms with Gasteiger partial charge in [0.1, 0.15) is 11.8 Å². The summed E-state index contributed by atoms with van der Waals surface area (Å²) in [5.74, 6) is -2.24. The first kappa shape index (κ1) is 14.6. The smallest absolute Gasteiger partial charge is 0.250 e. The number of allylic oxidation sites excluding steroid dienone is 3. The fourth-order valence-corrected chi connectivity index (χ4v) is 3.32. The SMILES string of the molecule is OC1=CC=CN(N2CCC(F)(F)CC2)C1C1=CCCCC1. The number of aliphatic hydroxyl groups is 1. The molecule has 0 aromatic rings. The van der Waals surface area contributed by atoms with Crippen LogP contribution in [-0.4, -0.2) is 40.2 Å². The van der Waals surface area contributed by atoms with E-state index in [1.54, 1.807) is 12.2 Å². The van der Waals surface area contributed by atoms with Gasteiger partial charge in [0.2, 0.25) is 0 Å². The minimum atomic E-state index is -2.55. The summed E-state index contributed by atoms with van der Waals surface area (Å²) in [4.78, 5) is 0. The molecule has 1 saturated heterocycles. The lowest BCUT2D eigenvalue weighted by Gasteiger charge is -2.45. The van der Waals surface area contributed by atoms with E-state index >= 15 is 0 Å². The van der Waals surface area contributed by atoms with E-state index in [0.717, 1.165) is 19.3 Å². The summed E-state index contributed by atoms with van der Waals surface area (Å²) < 4.78 is 26.7. The molecule has 0 aromatic carbocycles. The average Bonchev–Trinajstić information content (AvgIpc) is 2.48. The molecule has 1 fully saturated rings. The monoisotopic (exact) mass is 296 g/mol. The molecule has 3 nitrogen and oxygen atoms in total. The Labute approximate surface area is 124 Å². The highest BCUT2D eigenvalue weighted by molar-refractivity contribution is 5.29. The Bertz CT molecular complexity index is 475. The third kappa shape index (κ3) is 3.12. The number of piperidine rings is 1. The second-order valence-electron chi connectivity index (χ2n) is 6.05. The number of alkyl halides is 2. The fraction of sp³-hybridized carbons (Fsp3) is 0.625. The molecular weight excluding hydrogens is 274 g/mol. The number of hydrogen-bond acceptors (Lipinski definition) is 3. The fourth-order valence-electron chi connectivity index (χ4n) is 3.32. The molecule has 0 radical (unpaired) electrons. The zero-order valence-corrected chi connectivity index (χ0v) is 12.1. The van der Waals surface area contributed by atoms with Crippen molar-refractivity contribution in [3.63, 3.8) is 0 Å². The van der Waals surface area contributed by atoms with Crippen LogP contribution in [0.15, 0.2) is 35.8 Å². The van der Waals surface area contributed by atoms with Gasteiger partial charge in [0, 0.05) is 32.1 Å². The predicted octanol–water partition coefficient (Wildman–Crippen LogP) is 3.77. The maximum absolute atomic E-state index is 13.3. The molecule has 0 aromatic heterocycles. The first-order chi connectivity index (χ1) is 10.1. The summed E-state index contributed by atoms with van der Waals surface area (Å²) >= 11 is 0. The predicted molar refractivity (Wildman–Crippen MR) is 77.8 cm³/mol. The van der Waals surface area contributed by atoms with Crippen molar-refractivity contribution < 1.29 is 13.9 Å². The summed E-state index contributed by atoms with van der Waals surface area (Å²) in [5.41, 5.74) is 1.21. The van der Waals surface area contributed by atoms with E-state index in [0.29, 0.717) is 18.8 Å². The minimum absolute atomic E-state index is 0.117. The van der Waals surface area contributed by atoms with E-state index in [9.17, 15) is 13.9 Å². The van der Waals surface area contributed by atoms with Gasteiger partial charge in [0.25, 0.3) is 5.92 Å². The van der Waals surface area contributed by atoms with Gasteiger partial charge in [-0.05, 0) is 43.4 Å². The Hall–Kier alpha value is -1.36. The topological polar surface area (TPSA) is 26.7 Å². The molecule has 1 aliphatic carbocycles. The maximum Gasteiger partial charge on any atom is 0.250 e. The first-order valence-electron chi connectivity index (χ1n) is 7.74. The highest BCUT2D eigenvalue weighted by Crippen LogP contribution is 2.34. The average molecular weight is 296 g/mol. The summed E-state index contributed by atoms with van der Waals surface area (Å²) in [7, 11) is 0. The van der Waals surface area contributed by atoms with Gasteiger partial charge in [-0.1, -0.05) is 6.08 Å². The first-order valence-corrected chi connectivity index (χ1v) is 7.74. The van der Waals surface area contributed by atoms with Gasteiger partial charge in [-0.25, -0.2) is 13.8 Å². The van der Waals surface area contributed by atoms with Crippen LogP contribution >= 0.6 is 0 Å². The second-order valence-corrected chi connectivity index (χ2v) is 6.05. The summed E-state index contributed by atoms with van der Waals surface area (Å²) in [6.07, 6.45) is 11.7. The van der Waals surface area contributed by atoms with E-state index in [2.05, 4.69) is 6.08 Å². The number of nitrogens with zero attached hydrogens (tertiary/aromatic N) is 2. The van der Waals surface area contributed by atoms with Crippen LogP contribution in [-0.2, 0) is 0 Å². The van der Waals surface area contributed by atoms with Crippen molar-refractivity contribution in [2.24, 2.45) is 0 Å². The molecule has 1 N–H and O–H groups in total. The molecule has 116 valence electrons. The molecule has 0 amide bonds. The van der Waals surface area contributed by atoms with Gasteiger partial charge in [0.15, 0.2) is 0 Å². The van der Waals surface area contributed by atoms with Crippen LogP contribution in [0, 0.1) is 0 Å². The van der Waals surface area contributed by atoms with Crippen molar-refractivity contribution in [1.82, 2.24) is 10.0 Å². The van der Waals surface area contributed by atoms with Crippen LogP contribution in [0.4, 0.5) is 8.78 Å². The molecule has 0 saturated carbocycles. The highest BCUT2D eigenvalue weighted by Gasteiger charge is 2.38. The van der Waals surface area contributed by atoms with Crippen molar-refractivity contribution in [1.29, 1.82) is 0 Å². The molecule has 3 rings (SSSR count). The van der Waals surface area contributed by atoms with Crippen molar-refractivity contribution in [3.8, 4) is 0 Å². The van der Waals surface area contributed by atoms with Gasteiger partial charge in [-0.15, -0.1) is 0 Å². The van der Waals surface area contributed by atoms with Crippen LogP contribution in [0.3, 0.4) is 0 Å². The van der Waals surface area contributed by atoms with Gasteiger partial charge in [-0.2, -0.15) is 0 Å². The number of aliphatic hydroxyl groups excluding tert-OH is 1. The second kappa shape index (κ2) is 5.79. The number of rotatable bonds is 2. The zero-order chi connectivity index (χ0) is 14.9. The third-order valence-corrected chi connectivity index (χ3v) is 4.53.